The maximum absolute atomic E-state index is 11.8. The van der Waals surface area contributed by atoms with E-state index in [1.54, 1.807) is 20.1 Å². The average molecular weight is 336 g/mol. The first kappa shape index (κ1) is 17.2. The van der Waals surface area contributed by atoms with Crippen LogP contribution < -0.4 is 16.0 Å². The summed E-state index contributed by atoms with van der Waals surface area (Å²) in [7, 11) is 1.63. The van der Waals surface area contributed by atoms with Crippen molar-refractivity contribution in [3.63, 3.8) is 0 Å². The highest BCUT2D eigenvalue weighted by Crippen LogP contribution is 2.28. The summed E-state index contributed by atoms with van der Waals surface area (Å²) in [4.78, 5) is 27.5. The maximum Gasteiger partial charge on any atom is 0.319 e. The zero-order chi connectivity index (χ0) is 16.7. The van der Waals surface area contributed by atoms with Crippen LogP contribution in [-0.4, -0.2) is 37.2 Å². The van der Waals surface area contributed by atoms with Crippen LogP contribution in [0.2, 0.25) is 0 Å². The summed E-state index contributed by atoms with van der Waals surface area (Å²) in [5, 5.41) is 8.83. The molecule has 1 aromatic carbocycles. The van der Waals surface area contributed by atoms with Crippen molar-refractivity contribution in [2.24, 2.45) is 0 Å². The Bertz CT molecular complexity index is 686. The molecular formula is C15H20N4O3S. The van der Waals surface area contributed by atoms with Gasteiger partial charge in [-0.3, -0.25) is 4.79 Å². The molecule has 0 unspecified atom stereocenters. The number of methoxy groups -OCH3 is 1. The third-order valence-corrected chi connectivity index (χ3v) is 3.96. The van der Waals surface area contributed by atoms with Gasteiger partial charge in [0.05, 0.1) is 10.2 Å². The molecule has 0 spiro atoms. The second kappa shape index (κ2) is 8.44. The number of anilines is 2. The Morgan fingerprint density at radius 2 is 2.13 bits per heavy atom. The molecule has 0 saturated carbocycles. The second-order valence-electron chi connectivity index (χ2n) is 4.83. The molecule has 0 bridgehead atoms. The highest BCUT2D eigenvalue weighted by Gasteiger charge is 2.08. The smallest absolute Gasteiger partial charge is 0.319 e. The maximum atomic E-state index is 11.8. The minimum Gasteiger partial charge on any atom is -0.385 e. The van der Waals surface area contributed by atoms with Crippen molar-refractivity contribution < 1.29 is 14.3 Å². The minimum atomic E-state index is -0.260. The van der Waals surface area contributed by atoms with Crippen molar-refractivity contribution in [2.45, 2.75) is 19.8 Å². The zero-order valence-electron chi connectivity index (χ0n) is 13.1. The molecule has 8 heteroatoms. The number of ether oxygens (including phenoxy) is 1. The fourth-order valence-electron chi connectivity index (χ4n) is 1.86. The van der Waals surface area contributed by atoms with E-state index in [-0.39, 0.29) is 11.9 Å². The van der Waals surface area contributed by atoms with Gasteiger partial charge in [0.15, 0.2) is 5.13 Å². The van der Waals surface area contributed by atoms with E-state index in [1.807, 2.05) is 12.1 Å². The van der Waals surface area contributed by atoms with Crippen molar-refractivity contribution in [3.8, 4) is 0 Å². The molecule has 3 N–H and O–H groups in total. The van der Waals surface area contributed by atoms with Crippen LogP contribution in [0.15, 0.2) is 18.2 Å². The number of aromatic nitrogens is 1. The topological polar surface area (TPSA) is 92.4 Å². The molecule has 0 saturated heterocycles. The van der Waals surface area contributed by atoms with Crippen LogP contribution >= 0.6 is 11.3 Å². The van der Waals surface area contributed by atoms with E-state index in [4.69, 9.17) is 4.74 Å². The van der Waals surface area contributed by atoms with Gasteiger partial charge in [-0.1, -0.05) is 18.3 Å². The number of urea groups is 1. The minimum absolute atomic E-state index is 0.0714. The lowest BCUT2D eigenvalue weighted by Gasteiger charge is -2.07. The number of nitrogens with zero attached hydrogens (tertiary/aromatic N) is 1. The monoisotopic (exact) mass is 336 g/mol. The molecule has 0 fully saturated rings. The predicted molar refractivity (Wildman–Crippen MR) is 92.1 cm³/mol. The van der Waals surface area contributed by atoms with Gasteiger partial charge in [-0.05, 0) is 24.6 Å². The number of nitrogens with one attached hydrogen (secondary N) is 3. The molecule has 0 radical (unpaired) electrons. The second-order valence-corrected chi connectivity index (χ2v) is 5.86. The first-order valence-electron chi connectivity index (χ1n) is 7.36. The first-order chi connectivity index (χ1) is 11.1. The summed E-state index contributed by atoms with van der Waals surface area (Å²) >= 11 is 1.38. The Labute approximate surface area is 138 Å². The van der Waals surface area contributed by atoms with Gasteiger partial charge in [0, 0.05) is 32.4 Å². The van der Waals surface area contributed by atoms with E-state index in [1.165, 1.54) is 11.3 Å². The standard InChI is InChI=1S/C15H20N4O3S/c1-3-13(20)19-15-18-11-6-5-10(9-12(11)23-15)17-14(21)16-7-4-8-22-2/h5-6,9H,3-4,7-8H2,1-2H3,(H2,16,17,21)(H,18,19,20). The van der Waals surface area contributed by atoms with Gasteiger partial charge in [-0.2, -0.15) is 0 Å². The highest BCUT2D eigenvalue weighted by atomic mass is 32.1. The van der Waals surface area contributed by atoms with Gasteiger partial charge in [0.2, 0.25) is 5.91 Å². The number of fused-ring (bicyclic) bond motifs is 1. The third-order valence-electron chi connectivity index (χ3n) is 3.02. The summed E-state index contributed by atoms with van der Waals surface area (Å²) in [6.45, 7) is 2.95. The molecule has 0 aliphatic heterocycles. The van der Waals surface area contributed by atoms with Crippen LogP contribution in [0.5, 0.6) is 0 Å². The lowest BCUT2D eigenvalue weighted by Crippen LogP contribution is -2.29. The molecule has 3 amide bonds. The van der Waals surface area contributed by atoms with Gasteiger partial charge < -0.3 is 20.7 Å². The molecule has 124 valence electrons. The lowest BCUT2D eigenvalue weighted by molar-refractivity contribution is -0.115. The van der Waals surface area contributed by atoms with Crippen molar-refractivity contribution in [1.29, 1.82) is 0 Å². The summed E-state index contributed by atoms with van der Waals surface area (Å²) in [6, 6.07) is 5.17. The zero-order valence-corrected chi connectivity index (χ0v) is 14.0. The van der Waals surface area contributed by atoms with Gasteiger partial charge in [0.1, 0.15) is 0 Å². The first-order valence-corrected chi connectivity index (χ1v) is 8.18. The fraction of sp³-hybridized carbons (Fsp3) is 0.400. The summed E-state index contributed by atoms with van der Waals surface area (Å²) in [6.07, 6.45) is 1.17. The summed E-state index contributed by atoms with van der Waals surface area (Å²) in [5.41, 5.74) is 1.46. The molecule has 2 aromatic rings. The van der Waals surface area contributed by atoms with Crippen molar-refractivity contribution >= 4 is 44.3 Å². The van der Waals surface area contributed by atoms with E-state index >= 15 is 0 Å². The largest absolute Gasteiger partial charge is 0.385 e. The van der Waals surface area contributed by atoms with E-state index in [2.05, 4.69) is 20.9 Å². The number of amides is 3. The van der Waals surface area contributed by atoms with E-state index in [0.717, 1.165) is 16.6 Å². The third kappa shape index (κ3) is 5.19. The van der Waals surface area contributed by atoms with Crippen molar-refractivity contribution in [3.05, 3.63) is 18.2 Å². The Balaban J connectivity index is 1.96. The van der Waals surface area contributed by atoms with Gasteiger partial charge in [-0.25, -0.2) is 9.78 Å². The highest BCUT2D eigenvalue weighted by molar-refractivity contribution is 7.22. The molecule has 7 nitrogen and oxygen atoms in total. The Morgan fingerprint density at radius 1 is 1.30 bits per heavy atom. The van der Waals surface area contributed by atoms with E-state index in [0.29, 0.717) is 30.4 Å². The van der Waals surface area contributed by atoms with Crippen LogP contribution in [0.4, 0.5) is 15.6 Å². The average Bonchev–Trinajstić information content (AvgIpc) is 2.92. The van der Waals surface area contributed by atoms with Gasteiger partial charge in [-0.15, -0.1) is 0 Å². The van der Waals surface area contributed by atoms with Crippen molar-refractivity contribution in [1.82, 2.24) is 10.3 Å². The number of carbonyl (C=O) groups is 2. The van der Waals surface area contributed by atoms with Crippen LogP contribution in [0.3, 0.4) is 0 Å². The lowest BCUT2D eigenvalue weighted by atomic mass is 10.3. The molecular weight excluding hydrogens is 316 g/mol. The van der Waals surface area contributed by atoms with Gasteiger partial charge >= 0.3 is 6.03 Å². The van der Waals surface area contributed by atoms with Gasteiger partial charge in [0.25, 0.3) is 0 Å². The quantitative estimate of drug-likeness (QED) is 0.678. The Hall–Kier alpha value is -2.19. The fourth-order valence-corrected chi connectivity index (χ4v) is 2.78. The predicted octanol–water partition coefficient (Wildman–Crippen LogP) is 2.80. The van der Waals surface area contributed by atoms with Crippen LogP contribution in [0.1, 0.15) is 19.8 Å². The Morgan fingerprint density at radius 3 is 2.87 bits per heavy atom. The SMILES string of the molecule is CCC(=O)Nc1nc2ccc(NC(=O)NCCCOC)cc2s1. The molecule has 0 aliphatic carbocycles. The van der Waals surface area contributed by atoms with E-state index < -0.39 is 0 Å². The summed E-state index contributed by atoms with van der Waals surface area (Å²) < 4.78 is 5.82. The molecule has 0 atom stereocenters. The van der Waals surface area contributed by atoms with Crippen LogP contribution in [-0.2, 0) is 9.53 Å². The molecule has 1 aromatic heterocycles. The van der Waals surface area contributed by atoms with Crippen LogP contribution in [0, 0.1) is 0 Å². The van der Waals surface area contributed by atoms with E-state index in [9.17, 15) is 9.59 Å². The molecule has 2 rings (SSSR count). The number of rotatable bonds is 7. The number of carbonyl (C=O) groups excluding carboxylic acids is 2. The summed E-state index contributed by atoms with van der Waals surface area (Å²) in [5.74, 6) is -0.0714. The molecule has 23 heavy (non-hydrogen) atoms. The molecule has 1 heterocycles. The number of benzene rings is 1. The number of hydrogen-bond donors (Lipinski definition) is 3. The van der Waals surface area contributed by atoms with Crippen LogP contribution in [0.25, 0.3) is 10.2 Å². The normalized spacial score (nSPS) is 10.5. The number of hydrogen-bond acceptors (Lipinski definition) is 5. The Kier molecular flexibility index (Phi) is 6.30. The number of thiazole rings is 1. The van der Waals surface area contributed by atoms with Crippen molar-refractivity contribution in [2.75, 3.05) is 30.9 Å². The molecule has 0 aliphatic rings.